The van der Waals surface area contributed by atoms with Crippen LogP contribution in [0, 0.1) is 0 Å². The van der Waals surface area contributed by atoms with Gasteiger partial charge < -0.3 is 10.3 Å². The minimum atomic E-state index is 0.530. The molecule has 0 bridgehead atoms. The number of thiophene rings is 1. The third-order valence-electron chi connectivity index (χ3n) is 2.51. The van der Waals surface area contributed by atoms with Gasteiger partial charge in [-0.3, -0.25) is 0 Å². The largest absolute Gasteiger partial charge is 0.391 e. The summed E-state index contributed by atoms with van der Waals surface area (Å²) in [5.74, 6) is 1.21. The Hall–Kier alpha value is -2.14. The van der Waals surface area contributed by atoms with Crippen LogP contribution in [0.2, 0.25) is 0 Å². The average Bonchev–Trinajstić information content (AvgIpc) is 2.99. The first-order valence-electron chi connectivity index (χ1n) is 5.53. The molecule has 2 N–H and O–H groups in total. The van der Waals surface area contributed by atoms with Crippen LogP contribution in [-0.2, 0) is 6.42 Å². The highest BCUT2D eigenvalue weighted by Crippen LogP contribution is 2.28. The van der Waals surface area contributed by atoms with Crippen molar-refractivity contribution in [3.8, 4) is 10.8 Å². The average molecular weight is 257 g/mol. The van der Waals surface area contributed by atoms with Crippen LogP contribution in [0.3, 0.4) is 0 Å². The van der Waals surface area contributed by atoms with Gasteiger partial charge in [0.15, 0.2) is 5.82 Å². The fraction of sp³-hybridized carbons (Fsp3) is 0.0769. The molecule has 1 aromatic carbocycles. The number of nitrogen functional groups attached to an aromatic ring is 1. The molecule has 0 radical (unpaired) electrons. The topological polar surface area (TPSA) is 64.9 Å². The van der Waals surface area contributed by atoms with E-state index in [2.05, 4.69) is 10.1 Å². The van der Waals surface area contributed by atoms with Crippen molar-refractivity contribution in [1.82, 2.24) is 10.1 Å². The van der Waals surface area contributed by atoms with E-state index in [0.29, 0.717) is 18.1 Å². The molecule has 4 nitrogen and oxygen atoms in total. The molecule has 3 aromatic rings. The maximum atomic E-state index is 5.67. The van der Waals surface area contributed by atoms with Crippen LogP contribution in [0.5, 0.6) is 0 Å². The van der Waals surface area contributed by atoms with Gasteiger partial charge in [0.2, 0.25) is 0 Å². The van der Waals surface area contributed by atoms with Crippen molar-refractivity contribution in [1.29, 1.82) is 0 Å². The molecule has 3 rings (SSSR count). The maximum absolute atomic E-state index is 5.67. The summed E-state index contributed by atoms with van der Waals surface area (Å²) >= 11 is 1.44. The summed E-state index contributed by atoms with van der Waals surface area (Å²) in [6.07, 6.45) is 0.672. The second kappa shape index (κ2) is 4.62. The molecule has 0 aliphatic heterocycles. The van der Waals surface area contributed by atoms with Crippen molar-refractivity contribution in [3.63, 3.8) is 0 Å². The number of rotatable bonds is 3. The van der Waals surface area contributed by atoms with Crippen molar-refractivity contribution in [2.45, 2.75) is 6.42 Å². The van der Waals surface area contributed by atoms with E-state index in [1.807, 2.05) is 42.5 Å². The molecule has 0 saturated heterocycles. The SMILES string of the molecule is Nc1ccc(-c2nc(Cc3ccccc3)no2)s1. The Kier molecular flexibility index (Phi) is 2.82. The minimum Gasteiger partial charge on any atom is -0.391 e. The van der Waals surface area contributed by atoms with E-state index in [-0.39, 0.29) is 0 Å². The lowest BCUT2D eigenvalue weighted by atomic mass is 10.1. The lowest BCUT2D eigenvalue weighted by Crippen LogP contribution is -1.89. The molecule has 2 aromatic heterocycles. The third kappa shape index (κ3) is 2.26. The Bertz CT molecular complexity index is 645. The Morgan fingerprint density at radius 2 is 1.94 bits per heavy atom. The molecule has 90 valence electrons. The predicted molar refractivity (Wildman–Crippen MR) is 71.3 cm³/mol. The van der Waals surface area contributed by atoms with Crippen LogP contribution in [0.15, 0.2) is 47.0 Å². The first kappa shape index (κ1) is 11.0. The first-order valence-corrected chi connectivity index (χ1v) is 6.35. The van der Waals surface area contributed by atoms with E-state index in [0.717, 1.165) is 15.4 Å². The quantitative estimate of drug-likeness (QED) is 0.783. The number of nitrogens with two attached hydrogens (primary N) is 1. The molecule has 0 aliphatic carbocycles. The van der Waals surface area contributed by atoms with Gasteiger partial charge in [-0.05, 0) is 17.7 Å². The van der Waals surface area contributed by atoms with E-state index in [4.69, 9.17) is 10.3 Å². The molecular weight excluding hydrogens is 246 g/mol. The van der Waals surface area contributed by atoms with E-state index >= 15 is 0 Å². The van der Waals surface area contributed by atoms with Gasteiger partial charge in [0.25, 0.3) is 5.89 Å². The monoisotopic (exact) mass is 257 g/mol. The minimum absolute atomic E-state index is 0.530. The summed E-state index contributed by atoms with van der Waals surface area (Å²) in [4.78, 5) is 5.27. The summed E-state index contributed by atoms with van der Waals surface area (Å²) in [6.45, 7) is 0. The normalized spacial score (nSPS) is 10.7. The van der Waals surface area contributed by atoms with Gasteiger partial charge in [0.1, 0.15) is 0 Å². The molecule has 0 fully saturated rings. The second-order valence-corrected chi connectivity index (χ2v) is 5.00. The number of hydrogen-bond donors (Lipinski definition) is 1. The molecule has 0 saturated carbocycles. The highest BCUT2D eigenvalue weighted by Gasteiger charge is 2.10. The van der Waals surface area contributed by atoms with Crippen molar-refractivity contribution in [3.05, 3.63) is 53.9 Å². The fourth-order valence-electron chi connectivity index (χ4n) is 1.67. The molecule has 0 spiro atoms. The van der Waals surface area contributed by atoms with Crippen molar-refractivity contribution in [2.75, 3.05) is 5.73 Å². The highest BCUT2D eigenvalue weighted by atomic mass is 32.1. The third-order valence-corrected chi connectivity index (χ3v) is 3.41. The molecule has 5 heteroatoms. The molecule has 0 unspecified atom stereocenters. The standard InChI is InChI=1S/C13H11N3OS/c14-11-7-6-10(18-11)13-15-12(16-17-13)8-9-4-2-1-3-5-9/h1-7H,8,14H2. The molecule has 0 atom stereocenters. The Morgan fingerprint density at radius 1 is 1.11 bits per heavy atom. The highest BCUT2D eigenvalue weighted by molar-refractivity contribution is 7.19. The Labute approximate surface area is 108 Å². The number of anilines is 1. The predicted octanol–water partition coefficient (Wildman–Crippen LogP) is 2.97. The smallest absolute Gasteiger partial charge is 0.268 e. The van der Waals surface area contributed by atoms with Crippen molar-refractivity contribution < 1.29 is 4.52 Å². The Morgan fingerprint density at radius 3 is 2.67 bits per heavy atom. The molecular formula is C13H11N3OS. The van der Waals surface area contributed by atoms with Crippen LogP contribution >= 0.6 is 11.3 Å². The number of aromatic nitrogens is 2. The van der Waals surface area contributed by atoms with Gasteiger partial charge in [-0.1, -0.05) is 35.5 Å². The maximum Gasteiger partial charge on any atom is 0.268 e. The molecule has 2 heterocycles. The van der Waals surface area contributed by atoms with Crippen LogP contribution in [0.25, 0.3) is 10.8 Å². The van der Waals surface area contributed by atoms with Gasteiger partial charge in [-0.25, -0.2) is 0 Å². The zero-order valence-electron chi connectivity index (χ0n) is 9.54. The van der Waals surface area contributed by atoms with Crippen LogP contribution in [0.4, 0.5) is 5.00 Å². The Balaban J connectivity index is 1.82. The summed E-state index contributed by atoms with van der Waals surface area (Å²) in [6, 6.07) is 13.8. The summed E-state index contributed by atoms with van der Waals surface area (Å²) in [7, 11) is 0. The zero-order chi connectivity index (χ0) is 12.4. The van der Waals surface area contributed by atoms with E-state index in [9.17, 15) is 0 Å². The zero-order valence-corrected chi connectivity index (χ0v) is 10.4. The lowest BCUT2D eigenvalue weighted by Gasteiger charge is -1.93. The van der Waals surface area contributed by atoms with Crippen LogP contribution < -0.4 is 5.73 Å². The van der Waals surface area contributed by atoms with Gasteiger partial charge in [0.05, 0.1) is 9.88 Å². The summed E-state index contributed by atoms with van der Waals surface area (Å²) in [5, 5.41) is 4.72. The number of nitrogens with zero attached hydrogens (tertiary/aromatic N) is 2. The summed E-state index contributed by atoms with van der Waals surface area (Å²) in [5.41, 5.74) is 6.84. The second-order valence-electron chi connectivity index (χ2n) is 3.88. The molecule has 18 heavy (non-hydrogen) atoms. The van der Waals surface area contributed by atoms with E-state index in [1.165, 1.54) is 11.3 Å². The van der Waals surface area contributed by atoms with Crippen molar-refractivity contribution >= 4 is 16.3 Å². The number of benzene rings is 1. The van der Waals surface area contributed by atoms with E-state index in [1.54, 1.807) is 0 Å². The van der Waals surface area contributed by atoms with Gasteiger partial charge in [-0.2, -0.15) is 4.98 Å². The molecule has 0 aliphatic rings. The van der Waals surface area contributed by atoms with Gasteiger partial charge >= 0.3 is 0 Å². The lowest BCUT2D eigenvalue weighted by molar-refractivity contribution is 0.425. The fourth-order valence-corrected chi connectivity index (χ4v) is 2.37. The molecule has 0 amide bonds. The van der Waals surface area contributed by atoms with E-state index < -0.39 is 0 Å². The van der Waals surface area contributed by atoms with Crippen LogP contribution in [0.1, 0.15) is 11.4 Å². The van der Waals surface area contributed by atoms with Gasteiger partial charge in [-0.15, -0.1) is 11.3 Å². The van der Waals surface area contributed by atoms with Crippen LogP contribution in [-0.4, -0.2) is 10.1 Å². The van der Waals surface area contributed by atoms with Gasteiger partial charge in [0, 0.05) is 6.42 Å². The van der Waals surface area contributed by atoms with Crippen molar-refractivity contribution in [2.24, 2.45) is 0 Å². The first-order chi connectivity index (χ1) is 8.81. The summed E-state index contributed by atoms with van der Waals surface area (Å²) < 4.78 is 5.23. The number of hydrogen-bond acceptors (Lipinski definition) is 5.